The summed E-state index contributed by atoms with van der Waals surface area (Å²) in [5, 5.41) is 15.4. The van der Waals surface area contributed by atoms with Crippen LogP contribution in [-0.2, 0) is 6.54 Å². The summed E-state index contributed by atoms with van der Waals surface area (Å²) >= 11 is 0. The van der Waals surface area contributed by atoms with Gasteiger partial charge in [0, 0.05) is 6.04 Å². The third kappa shape index (κ3) is 3.65. The monoisotopic (exact) mass is 325 g/mol. The summed E-state index contributed by atoms with van der Waals surface area (Å²) in [5.74, 6) is 0.847. The van der Waals surface area contributed by atoms with E-state index in [-0.39, 0.29) is 11.9 Å². The van der Waals surface area contributed by atoms with Crippen LogP contribution in [0, 0.1) is 11.7 Å². The van der Waals surface area contributed by atoms with Gasteiger partial charge in [-0.1, -0.05) is 44.2 Å². The van der Waals surface area contributed by atoms with Gasteiger partial charge < -0.3 is 5.32 Å². The van der Waals surface area contributed by atoms with Crippen LogP contribution in [0.1, 0.15) is 31.3 Å². The van der Waals surface area contributed by atoms with E-state index in [1.807, 2.05) is 42.5 Å². The Hall–Kier alpha value is -2.60. The lowest BCUT2D eigenvalue weighted by Gasteiger charge is -2.22. The van der Waals surface area contributed by atoms with Crippen molar-refractivity contribution in [1.29, 1.82) is 0 Å². The van der Waals surface area contributed by atoms with Crippen molar-refractivity contribution in [3.63, 3.8) is 0 Å². The van der Waals surface area contributed by atoms with Crippen molar-refractivity contribution in [2.75, 3.05) is 0 Å². The van der Waals surface area contributed by atoms with Gasteiger partial charge in [-0.25, -0.2) is 4.39 Å². The summed E-state index contributed by atoms with van der Waals surface area (Å²) in [7, 11) is 0. The zero-order valence-corrected chi connectivity index (χ0v) is 13.7. The zero-order valence-electron chi connectivity index (χ0n) is 13.7. The molecule has 0 fully saturated rings. The van der Waals surface area contributed by atoms with Crippen molar-refractivity contribution in [2.45, 2.75) is 26.4 Å². The molecule has 1 aromatic heterocycles. The number of tetrazole rings is 1. The maximum Gasteiger partial charge on any atom is 0.170 e. The van der Waals surface area contributed by atoms with E-state index >= 15 is 0 Å². The fraction of sp³-hybridized carbons (Fsp3) is 0.278. The van der Waals surface area contributed by atoms with Crippen LogP contribution in [0.15, 0.2) is 54.6 Å². The van der Waals surface area contributed by atoms with Gasteiger partial charge in [-0.3, -0.25) is 0 Å². The predicted molar refractivity (Wildman–Crippen MR) is 90.0 cm³/mol. The van der Waals surface area contributed by atoms with Crippen molar-refractivity contribution in [2.24, 2.45) is 5.92 Å². The van der Waals surface area contributed by atoms with Crippen molar-refractivity contribution in [3.8, 4) is 5.69 Å². The first kappa shape index (κ1) is 16.3. The molecule has 124 valence electrons. The SMILES string of the molecule is CC(C)[C@H](NCc1nnnn1-c1ccccc1)c1ccc(F)cc1. The molecule has 0 aliphatic rings. The maximum atomic E-state index is 13.2. The largest absolute Gasteiger partial charge is 0.303 e. The van der Waals surface area contributed by atoms with E-state index in [1.165, 1.54) is 12.1 Å². The van der Waals surface area contributed by atoms with Gasteiger partial charge in [0.1, 0.15) is 5.82 Å². The number of aromatic nitrogens is 4. The summed E-state index contributed by atoms with van der Waals surface area (Å²) in [4.78, 5) is 0. The third-order valence-electron chi connectivity index (χ3n) is 3.91. The molecule has 0 radical (unpaired) electrons. The fourth-order valence-electron chi connectivity index (χ4n) is 2.70. The molecule has 1 heterocycles. The second-order valence-electron chi connectivity index (χ2n) is 6.00. The van der Waals surface area contributed by atoms with Crippen LogP contribution in [-0.4, -0.2) is 20.2 Å². The van der Waals surface area contributed by atoms with Gasteiger partial charge in [0.25, 0.3) is 0 Å². The van der Waals surface area contributed by atoms with Crippen LogP contribution in [0.2, 0.25) is 0 Å². The van der Waals surface area contributed by atoms with Crippen LogP contribution in [0.3, 0.4) is 0 Å². The molecular weight excluding hydrogens is 305 g/mol. The standard InChI is InChI=1S/C18H20FN5/c1-13(2)18(14-8-10-15(19)11-9-14)20-12-17-21-22-23-24(17)16-6-4-3-5-7-16/h3-11,13,18,20H,12H2,1-2H3/t18-/m0/s1. The fourth-order valence-corrected chi connectivity index (χ4v) is 2.70. The first-order valence-corrected chi connectivity index (χ1v) is 7.96. The Balaban J connectivity index is 1.77. The summed E-state index contributed by atoms with van der Waals surface area (Å²) in [6.45, 7) is 4.77. The molecule has 0 aliphatic heterocycles. The van der Waals surface area contributed by atoms with Gasteiger partial charge in [0.05, 0.1) is 12.2 Å². The topological polar surface area (TPSA) is 55.6 Å². The number of rotatable bonds is 6. The minimum atomic E-state index is -0.228. The van der Waals surface area contributed by atoms with Gasteiger partial charge >= 0.3 is 0 Å². The number of halogens is 1. The molecule has 2 aromatic carbocycles. The number of para-hydroxylation sites is 1. The normalized spacial score (nSPS) is 12.5. The van der Waals surface area contributed by atoms with E-state index in [4.69, 9.17) is 0 Å². The lowest BCUT2D eigenvalue weighted by atomic mass is 9.96. The molecule has 24 heavy (non-hydrogen) atoms. The molecule has 0 spiro atoms. The molecule has 3 aromatic rings. The lowest BCUT2D eigenvalue weighted by Crippen LogP contribution is -2.26. The van der Waals surface area contributed by atoms with E-state index in [9.17, 15) is 4.39 Å². The van der Waals surface area contributed by atoms with Crippen molar-refractivity contribution >= 4 is 0 Å². The third-order valence-corrected chi connectivity index (χ3v) is 3.91. The van der Waals surface area contributed by atoms with E-state index in [1.54, 1.807) is 4.68 Å². The number of benzene rings is 2. The van der Waals surface area contributed by atoms with Gasteiger partial charge in [-0.05, 0) is 46.2 Å². The van der Waals surface area contributed by atoms with E-state index in [0.717, 1.165) is 17.1 Å². The summed E-state index contributed by atoms with van der Waals surface area (Å²) in [6, 6.07) is 16.5. The summed E-state index contributed by atoms with van der Waals surface area (Å²) < 4.78 is 14.9. The van der Waals surface area contributed by atoms with E-state index < -0.39 is 0 Å². The second kappa shape index (κ2) is 7.31. The molecule has 6 heteroatoms. The highest BCUT2D eigenvalue weighted by molar-refractivity contribution is 5.30. The summed E-state index contributed by atoms with van der Waals surface area (Å²) in [6.07, 6.45) is 0. The molecule has 0 amide bonds. The molecule has 0 bridgehead atoms. The van der Waals surface area contributed by atoms with Crippen LogP contribution in [0.25, 0.3) is 5.69 Å². The molecule has 5 nitrogen and oxygen atoms in total. The Morgan fingerprint density at radius 2 is 1.75 bits per heavy atom. The second-order valence-corrected chi connectivity index (χ2v) is 6.00. The zero-order chi connectivity index (χ0) is 16.9. The minimum Gasteiger partial charge on any atom is -0.303 e. The van der Waals surface area contributed by atoms with Crippen LogP contribution in [0.4, 0.5) is 4.39 Å². The van der Waals surface area contributed by atoms with Gasteiger partial charge in [-0.2, -0.15) is 4.68 Å². The number of nitrogens with zero attached hydrogens (tertiary/aromatic N) is 4. The molecule has 1 N–H and O–H groups in total. The predicted octanol–water partition coefficient (Wildman–Crippen LogP) is 3.29. The quantitative estimate of drug-likeness (QED) is 0.755. The maximum absolute atomic E-state index is 13.2. The molecule has 0 saturated heterocycles. The highest BCUT2D eigenvalue weighted by Crippen LogP contribution is 2.22. The van der Waals surface area contributed by atoms with Crippen molar-refractivity contribution < 1.29 is 4.39 Å². The smallest absolute Gasteiger partial charge is 0.170 e. The number of hydrogen-bond acceptors (Lipinski definition) is 4. The van der Waals surface area contributed by atoms with E-state index in [2.05, 4.69) is 34.7 Å². The molecule has 3 rings (SSSR count). The molecule has 0 unspecified atom stereocenters. The first-order valence-electron chi connectivity index (χ1n) is 7.96. The molecule has 1 atom stereocenters. The van der Waals surface area contributed by atoms with Crippen molar-refractivity contribution in [1.82, 2.24) is 25.5 Å². The Kier molecular flexibility index (Phi) is 4.96. The minimum absolute atomic E-state index is 0.0894. The van der Waals surface area contributed by atoms with Gasteiger partial charge in [0.15, 0.2) is 5.82 Å². The highest BCUT2D eigenvalue weighted by Gasteiger charge is 2.17. The van der Waals surface area contributed by atoms with Crippen LogP contribution in [0.5, 0.6) is 0 Å². The summed E-state index contributed by atoms with van der Waals surface area (Å²) in [5.41, 5.74) is 1.97. The Labute approximate surface area is 140 Å². The molecule has 0 aliphatic carbocycles. The molecule has 0 saturated carbocycles. The molecular formula is C18H20FN5. The van der Waals surface area contributed by atoms with Gasteiger partial charge in [-0.15, -0.1) is 5.10 Å². The van der Waals surface area contributed by atoms with Crippen LogP contribution < -0.4 is 5.32 Å². The first-order chi connectivity index (χ1) is 11.6. The Bertz CT molecular complexity index is 768. The number of nitrogens with one attached hydrogen (secondary N) is 1. The van der Waals surface area contributed by atoms with E-state index in [0.29, 0.717) is 12.5 Å². The average molecular weight is 325 g/mol. The lowest BCUT2D eigenvalue weighted by molar-refractivity contribution is 0.403. The van der Waals surface area contributed by atoms with Crippen LogP contribution >= 0.6 is 0 Å². The van der Waals surface area contributed by atoms with Gasteiger partial charge in [0.2, 0.25) is 0 Å². The average Bonchev–Trinajstić information content (AvgIpc) is 3.06. The van der Waals surface area contributed by atoms with Crippen molar-refractivity contribution in [3.05, 3.63) is 71.8 Å². The number of hydrogen-bond donors (Lipinski definition) is 1. The highest BCUT2D eigenvalue weighted by atomic mass is 19.1. The Morgan fingerprint density at radius 3 is 2.42 bits per heavy atom. The Morgan fingerprint density at radius 1 is 1.04 bits per heavy atom.